The Kier molecular flexibility index (Phi) is 13.3. The zero-order valence-corrected chi connectivity index (χ0v) is 12.1. The van der Waals surface area contributed by atoms with Crippen molar-refractivity contribution in [3.63, 3.8) is 0 Å². The Morgan fingerprint density at radius 1 is 0.783 bits per heavy atom. The van der Waals surface area contributed by atoms with Gasteiger partial charge in [-0.05, 0) is 0 Å². The number of hydrogen-bond donors (Lipinski definition) is 7. The Labute approximate surface area is 128 Å². The van der Waals surface area contributed by atoms with E-state index in [4.69, 9.17) is 35.2 Å². The maximum absolute atomic E-state index is 9.77. The van der Waals surface area contributed by atoms with Gasteiger partial charge in [-0.15, -0.1) is 0 Å². The molecule has 0 aromatic rings. The highest BCUT2D eigenvalue weighted by atomic mass is 32.2. The normalized spacial score (nSPS) is 12.7. The first kappa shape index (κ1) is 25.4. The van der Waals surface area contributed by atoms with Crippen LogP contribution in [0.25, 0.3) is 0 Å². The summed E-state index contributed by atoms with van der Waals surface area (Å²) in [5, 5.41) is 48.2. The third kappa shape index (κ3) is 28.4. The molecule has 0 aromatic heterocycles. The first-order valence-corrected chi connectivity index (χ1v) is 6.82. The fraction of sp³-hybridized carbons (Fsp3) is 0.333. The van der Waals surface area contributed by atoms with Crippen molar-refractivity contribution in [3.8, 4) is 0 Å². The number of aliphatic hydroxyl groups is 2. The van der Waals surface area contributed by atoms with Gasteiger partial charge in [-0.3, -0.25) is 4.55 Å². The molecule has 0 aliphatic rings. The summed E-state index contributed by atoms with van der Waals surface area (Å²) in [5.41, 5.74) is 0. The summed E-state index contributed by atoms with van der Waals surface area (Å²) in [7, 11) is -3.67. The van der Waals surface area contributed by atoms with Gasteiger partial charge in [0.2, 0.25) is 0 Å². The molecule has 134 valence electrons. The molecule has 0 saturated heterocycles. The van der Waals surface area contributed by atoms with E-state index in [0.717, 1.165) is 0 Å². The van der Waals surface area contributed by atoms with Crippen LogP contribution in [-0.2, 0) is 29.3 Å². The summed E-state index contributed by atoms with van der Waals surface area (Å²) in [6.07, 6.45) is -2.70. The van der Waals surface area contributed by atoms with Crippen LogP contribution in [0.15, 0.2) is 12.2 Å². The van der Waals surface area contributed by atoms with E-state index in [-0.39, 0.29) is 0 Å². The predicted molar refractivity (Wildman–Crippen MR) is 69.2 cm³/mol. The highest BCUT2D eigenvalue weighted by Crippen LogP contribution is 1.92. The number of rotatable bonds is 5. The Hall–Kier alpha value is -2.55. The predicted octanol–water partition coefficient (Wildman–Crippen LogP) is -2.91. The highest BCUT2D eigenvalue weighted by molar-refractivity contribution is 7.85. The van der Waals surface area contributed by atoms with Crippen molar-refractivity contribution in [2.45, 2.75) is 12.2 Å². The maximum atomic E-state index is 9.77. The van der Waals surface area contributed by atoms with Crippen LogP contribution in [0.5, 0.6) is 0 Å². The van der Waals surface area contributed by atoms with Crippen LogP contribution in [0.1, 0.15) is 0 Å². The van der Waals surface area contributed by atoms with Gasteiger partial charge in [-0.1, -0.05) is 0 Å². The van der Waals surface area contributed by atoms with Crippen molar-refractivity contribution >= 4 is 34.0 Å². The SMILES string of the molecule is CS(=O)(=O)O.O=C(O)C=CC(=O)O.O=C(O)[C@H](O)[C@@H](O)C(=O)O. The second kappa shape index (κ2) is 12.0. The Bertz CT molecular complexity index is 504. The molecule has 0 fully saturated rings. The van der Waals surface area contributed by atoms with Gasteiger partial charge in [-0.2, -0.15) is 8.42 Å². The molecule has 0 aromatic carbocycles. The van der Waals surface area contributed by atoms with Crippen LogP contribution < -0.4 is 0 Å². The van der Waals surface area contributed by atoms with Crippen LogP contribution in [0, 0.1) is 0 Å². The van der Waals surface area contributed by atoms with E-state index in [1.807, 2.05) is 0 Å². The van der Waals surface area contributed by atoms with Crippen LogP contribution in [0.4, 0.5) is 0 Å². The molecular weight excluding hydrogens is 348 g/mol. The van der Waals surface area contributed by atoms with Gasteiger partial charge < -0.3 is 30.6 Å². The average Bonchev–Trinajstić information content (AvgIpc) is 2.33. The molecule has 0 bridgehead atoms. The van der Waals surface area contributed by atoms with Crippen molar-refractivity contribution in [3.05, 3.63) is 12.2 Å². The van der Waals surface area contributed by atoms with Gasteiger partial charge in [0, 0.05) is 12.2 Å². The Morgan fingerprint density at radius 2 is 0.957 bits per heavy atom. The van der Waals surface area contributed by atoms with Gasteiger partial charge in [0.05, 0.1) is 6.26 Å². The van der Waals surface area contributed by atoms with Crippen LogP contribution >= 0.6 is 0 Å². The summed E-state index contributed by atoms with van der Waals surface area (Å²) >= 11 is 0. The lowest BCUT2D eigenvalue weighted by Gasteiger charge is -2.07. The van der Waals surface area contributed by atoms with E-state index in [1.165, 1.54) is 0 Å². The van der Waals surface area contributed by atoms with Crippen molar-refractivity contribution < 1.29 is 62.8 Å². The molecular formula is C9H14O13S. The van der Waals surface area contributed by atoms with Gasteiger partial charge in [0.15, 0.2) is 12.2 Å². The maximum Gasteiger partial charge on any atom is 0.335 e. The second-order valence-corrected chi connectivity index (χ2v) is 4.78. The number of aliphatic carboxylic acids is 4. The number of hydrogen-bond acceptors (Lipinski definition) is 8. The molecule has 13 nitrogen and oxygen atoms in total. The number of carboxylic acid groups (broad SMARTS) is 4. The van der Waals surface area contributed by atoms with Gasteiger partial charge in [0.1, 0.15) is 0 Å². The molecule has 0 radical (unpaired) electrons. The average molecular weight is 362 g/mol. The number of aliphatic hydroxyl groups excluding tert-OH is 2. The van der Waals surface area contributed by atoms with Crippen LogP contribution in [-0.4, -0.2) is 86.0 Å². The van der Waals surface area contributed by atoms with E-state index in [0.29, 0.717) is 18.4 Å². The minimum absolute atomic E-state index is 0.558. The number of carbonyl (C=O) groups is 4. The zero-order valence-electron chi connectivity index (χ0n) is 11.3. The molecule has 0 spiro atoms. The first-order valence-electron chi connectivity index (χ1n) is 4.97. The first-order chi connectivity index (χ1) is 10.1. The minimum Gasteiger partial charge on any atom is -0.479 e. The molecule has 0 rings (SSSR count). The van der Waals surface area contributed by atoms with Crippen molar-refractivity contribution in [2.75, 3.05) is 6.26 Å². The topological polar surface area (TPSA) is 244 Å². The van der Waals surface area contributed by atoms with E-state index >= 15 is 0 Å². The lowest BCUT2D eigenvalue weighted by atomic mass is 10.2. The van der Waals surface area contributed by atoms with Crippen molar-refractivity contribution in [1.82, 2.24) is 0 Å². The number of carboxylic acids is 4. The minimum atomic E-state index is -3.67. The molecule has 2 atom stereocenters. The fourth-order valence-corrected chi connectivity index (χ4v) is 0.413. The summed E-state index contributed by atoms with van der Waals surface area (Å²) < 4.78 is 25.9. The van der Waals surface area contributed by atoms with Crippen LogP contribution in [0.3, 0.4) is 0 Å². The second-order valence-electron chi connectivity index (χ2n) is 3.31. The quantitative estimate of drug-likeness (QED) is 0.192. The van der Waals surface area contributed by atoms with E-state index < -0.39 is 46.2 Å². The van der Waals surface area contributed by atoms with Crippen molar-refractivity contribution in [1.29, 1.82) is 0 Å². The monoisotopic (exact) mass is 362 g/mol. The smallest absolute Gasteiger partial charge is 0.335 e. The fourth-order valence-electron chi connectivity index (χ4n) is 0.413. The zero-order chi connectivity index (χ0) is 19.4. The Morgan fingerprint density at radius 3 is 1.04 bits per heavy atom. The molecule has 23 heavy (non-hydrogen) atoms. The Balaban J connectivity index is -0.000000276. The third-order valence-electron chi connectivity index (χ3n) is 1.17. The summed E-state index contributed by atoms with van der Waals surface area (Å²) in [5.74, 6) is -6.05. The molecule has 0 amide bonds. The molecule has 14 heteroatoms. The third-order valence-corrected chi connectivity index (χ3v) is 1.17. The summed E-state index contributed by atoms with van der Waals surface area (Å²) in [6.45, 7) is 0. The molecule has 7 N–H and O–H groups in total. The van der Waals surface area contributed by atoms with E-state index in [2.05, 4.69) is 0 Å². The van der Waals surface area contributed by atoms with Crippen LogP contribution in [0.2, 0.25) is 0 Å². The molecule has 0 saturated carbocycles. The summed E-state index contributed by atoms with van der Waals surface area (Å²) in [6, 6.07) is 0. The highest BCUT2D eigenvalue weighted by Gasteiger charge is 2.29. The lowest BCUT2D eigenvalue weighted by Crippen LogP contribution is -2.39. The largest absolute Gasteiger partial charge is 0.479 e. The summed E-state index contributed by atoms with van der Waals surface area (Å²) in [4.78, 5) is 38.7. The molecule has 0 aliphatic carbocycles. The molecule has 0 unspecified atom stereocenters. The lowest BCUT2D eigenvalue weighted by molar-refractivity contribution is -0.165. The standard InChI is InChI=1S/C4H6O6.C4H4O4.CH4O3S/c5-1(3(7)8)2(6)4(9)10;5-3(6)1-2-4(7)8;1-5(2,3)4/h1-2,5-6H,(H,7,8)(H,9,10);1-2H,(H,5,6)(H,7,8);1H3,(H,2,3,4)/t1-,2-;;/m1../s1. The molecule has 0 heterocycles. The van der Waals surface area contributed by atoms with E-state index in [9.17, 15) is 27.6 Å². The van der Waals surface area contributed by atoms with E-state index in [1.54, 1.807) is 0 Å². The molecule has 0 aliphatic heterocycles. The van der Waals surface area contributed by atoms with Gasteiger partial charge >= 0.3 is 23.9 Å². The van der Waals surface area contributed by atoms with Gasteiger partial charge in [0.25, 0.3) is 10.1 Å². The van der Waals surface area contributed by atoms with Crippen molar-refractivity contribution in [2.24, 2.45) is 0 Å². The van der Waals surface area contributed by atoms with Gasteiger partial charge in [-0.25, -0.2) is 19.2 Å².